The van der Waals surface area contributed by atoms with E-state index in [0.717, 1.165) is 44.9 Å². The van der Waals surface area contributed by atoms with E-state index < -0.39 is 0 Å². The Balaban J connectivity index is 1.44. The minimum absolute atomic E-state index is 0.0382. The number of hydrogen-bond acceptors (Lipinski definition) is 6. The molecule has 0 spiro atoms. The van der Waals surface area contributed by atoms with Crippen LogP contribution in [0.15, 0.2) is 71.6 Å². The molecule has 2 aromatic carbocycles. The van der Waals surface area contributed by atoms with Gasteiger partial charge in [0, 0.05) is 17.0 Å². The molecule has 0 radical (unpaired) electrons. The van der Waals surface area contributed by atoms with E-state index in [1.54, 1.807) is 23.5 Å². The van der Waals surface area contributed by atoms with Gasteiger partial charge in [-0.3, -0.25) is 0 Å². The molecule has 1 atom stereocenters. The number of nitrogens with zero attached hydrogens (tertiary/aromatic N) is 5. The number of nitrogens with one attached hydrogen (secondary N) is 1. The molecule has 0 aliphatic rings. The molecule has 0 aliphatic heterocycles. The Hall–Kier alpha value is -4.00. The molecule has 0 saturated carbocycles. The highest BCUT2D eigenvalue weighted by Gasteiger charge is 2.12. The Labute approximate surface area is 179 Å². The summed E-state index contributed by atoms with van der Waals surface area (Å²) in [5, 5.41) is 13.0. The van der Waals surface area contributed by atoms with Crippen LogP contribution in [0.1, 0.15) is 29.9 Å². The highest BCUT2D eigenvalue weighted by molar-refractivity contribution is 5.85. The first kappa shape index (κ1) is 19.0. The summed E-state index contributed by atoms with van der Waals surface area (Å²) in [5.41, 5.74) is 5.93. The van der Waals surface area contributed by atoms with Crippen LogP contribution in [0, 0.1) is 13.8 Å². The summed E-state index contributed by atoms with van der Waals surface area (Å²) in [6, 6.07) is 16.3. The van der Waals surface area contributed by atoms with Gasteiger partial charge in [-0.25, -0.2) is 9.97 Å². The second kappa shape index (κ2) is 7.68. The molecule has 0 saturated heterocycles. The molecule has 0 amide bonds. The summed E-state index contributed by atoms with van der Waals surface area (Å²) in [6.45, 7) is 6.06. The van der Waals surface area contributed by atoms with Crippen molar-refractivity contribution in [2.45, 2.75) is 26.8 Å². The Morgan fingerprint density at radius 1 is 0.968 bits per heavy atom. The molecular weight excluding hydrogens is 388 g/mol. The minimum atomic E-state index is 0.0382. The maximum atomic E-state index is 5.57. The van der Waals surface area contributed by atoms with Crippen molar-refractivity contribution >= 4 is 16.8 Å². The molecule has 0 bridgehead atoms. The summed E-state index contributed by atoms with van der Waals surface area (Å²) in [5.74, 6) is 1.49. The van der Waals surface area contributed by atoms with E-state index in [9.17, 15) is 0 Å². The highest BCUT2D eigenvalue weighted by Crippen LogP contribution is 2.28. The Bertz CT molecular complexity index is 1360. The number of hydrogen-bond donors (Lipinski definition) is 1. The summed E-state index contributed by atoms with van der Waals surface area (Å²) in [4.78, 5) is 10.9. The first-order valence-electron chi connectivity index (χ1n) is 10.1. The average Bonchev–Trinajstić information content (AvgIpc) is 3.44. The number of furan rings is 1. The van der Waals surface area contributed by atoms with Gasteiger partial charge in [0.15, 0.2) is 0 Å². The lowest BCUT2D eigenvalue weighted by atomic mass is 10.1. The molecule has 0 aliphatic carbocycles. The standard InChI is InChI=1S/C24H22N6O/c1-15-14-31-23-8-7-19(12-21(15)23)22-13-24(29-17(3)28-22)27-16(2)18-5-4-6-20(11-18)30-25-9-10-26-30/h4-14,16H,1-3H3,(H,27,28,29). The molecule has 3 heterocycles. The first-order chi connectivity index (χ1) is 15.1. The van der Waals surface area contributed by atoms with Crippen LogP contribution in [-0.4, -0.2) is 25.0 Å². The molecule has 1 N–H and O–H groups in total. The van der Waals surface area contributed by atoms with Crippen LogP contribution in [0.3, 0.4) is 0 Å². The zero-order valence-electron chi connectivity index (χ0n) is 17.6. The number of aryl methyl sites for hydroxylation is 2. The van der Waals surface area contributed by atoms with Gasteiger partial charge in [-0.2, -0.15) is 15.0 Å². The second-order valence-electron chi connectivity index (χ2n) is 7.59. The predicted octanol–water partition coefficient (Wildman–Crippen LogP) is 5.26. The lowest BCUT2D eigenvalue weighted by Gasteiger charge is -2.17. The van der Waals surface area contributed by atoms with Crippen LogP contribution in [-0.2, 0) is 0 Å². The van der Waals surface area contributed by atoms with Crippen LogP contribution in [0.5, 0.6) is 0 Å². The topological polar surface area (TPSA) is 81.7 Å². The molecular formula is C24H22N6O. The van der Waals surface area contributed by atoms with Gasteiger partial charge < -0.3 is 9.73 Å². The van der Waals surface area contributed by atoms with Gasteiger partial charge in [0.25, 0.3) is 0 Å². The molecule has 7 heteroatoms. The van der Waals surface area contributed by atoms with Gasteiger partial charge in [-0.1, -0.05) is 12.1 Å². The number of fused-ring (bicyclic) bond motifs is 1. The van der Waals surface area contributed by atoms with Crippen molar-refractivity contribution in [3.63, 3.8) is 0 Å². The SMILES string of the molecule is Cc1nc(NC(C)c2cccc(-n3nccn3)c2)cc(-c2ccc3occ(C)c3c2)n1. The van der Waals surface area contributed by atoms with E-state index in [2.05, 4.69) is 50.6 Å². The van der Waals surface area contributed by atoms with E-state index in [-0.39, 0.29) is 6.04 Å². The Kier molecular flexibility index (Phi) is 4.71. The first-order valence-corrected chi connectivity index (χ1v) is 10.1. The van der Waals surface area contributed by atoms with Gasteiger partial charge in [0.05, 0.1) is 36.1 Å². The van der Waals surface area contributed by atoms with Gasteiger partial charge in [-0.05, 0) is 62.2 Å². The van der Waals surface area contributed by atoms with E-state index >= 15 is 0 Å². The van der Waals surface area contributed by atoms with Crippen LogP contribution < -0.4 is 5.32 Å². The number of anilines is 1. The highest BCUT2D eigenvalue weighted by atomic mass is 16.3. The summed E-state index contributed by atoms with van der Waals surface area (Å²) < 4.78 is 5.57. The lowest BCUT2D eigenvalue weighted by molar-refractivity contribution is 0.613. The van der Waals surface area contributed by atoms with E-state index in [1.807, 2.05) is 44.2 Å². The zero-order chi connectivity index (χ0) is 21.4. The molecule has 154 valence electrons. The fourth-order valence-corrected chi connectivity index (χ4v) is 3.68. The van der Waals surface area contributed by atoms with E-state index in [4.69, 9.17) is 4.42 Å². The normalized spacial score (nSPS) is 12.2. The largest absolute Gasteiger partial charge is 0.464 e. The maximum Gasteiger partial charge on any atom is 0.134 e. The summed E-state index contributed by atoms with van der Waals surface area (Å²) >= 11 is 0. The quantitative estimate of drug-likeness (QED) is 0.426. The second-order valence-corrected chi connectivity index (χ2v) is 7.59. The minimum Gasteiger partial charge on any atom is -0.464 e. The molecule has 0 fully saturated rings. The molecule has 31 heavy (non-hydrogen) atoms. The van der Waals surface area contributed by atoms with Crippen molar-refractivity contribution in [1.29, 1.82) is 0 Å². The molecule has 7 nitrogen and oxygen atoms in total. The third-order valence-corrected chi connectivity index (χ3v) is 5.29. The van der Waals surface area contributed by atoms with Gasteiger partial charge >= 0.3 is 0 Å². The van der Waals surface area contributed by atoms with Crippen LogP contribution in [0.4, 0.5) is 5.82 Å². The zero-order valence-corrected chi connectivity index (χ0v) is 17.6. The Morgan fingerprint density at radius 2 is 1.81 bits per heavy atom. The van der Waals surface area contributed by atoms with E-state index in [0.29, 0.717) is 5.82 Å². The molecule has 5 aromatic rings. The van der Waals surface area contributed by atoms with Crippen molar-refractivity contribution in [3.05, 3.63) is 84.1 Å². The van der Waals surface area contributed by atoms with Crippen molar-refractivity contribution in [2.75, 3.05) is 5.32 Å². The summed E-state index contributed by atoms with van der Waals surface area (Å²) in [7, 11) is 0. The van der Waals surface area contributed by atoms with Crippen LogP contribution >= 0.6 is 0 Å². The van der Waals surface area contributed by atoms with Gasteiger partial charge in [0.1, 0.15) is 17.2 Å². The monoisotopic (exact) mass is 410 g/mol. The van der Waals surface area contributed by atoms with Gasteiger partial charge in [-0.15, -0.1) is 0 Å². The summed E-state index contributed by atoms with van der Waals surface area (Å²) in [6.07, 6.45) is 5.12. The fraction of sp³-hybridized carbons (Fsp3) is 0.167. The van der Waals surface area contributed by atoms with Crippen molar-refractivity contribution in [2.24, 2.45) is 0 Å². The lowest BCUT2D eigenvalue weighted by Crippen LogP contribution is -2.10. The van der Waals surface area contributed by atoms with Crippen molar-refractivity contribution < 1.29 is 4.42 Å². The molecule has 3 aromatic heterocycles. The third-order valence-electron chi connectivity index (χ3n) is 5.29. The molecule has 5 rings (SSSR count). The van der Waals surface area contributed by atoms with Crippen molar-refractivity contribution in [3.8, 4) is 16.9 Å². The van der Waals surface area contributed by atoms with Gasteiger partial charge in [0.2, 0.25) is 0 Å². The smallest absolute Gasteiger partial charge is 0.134 e. The number of rotatable bonds is 5. The maximum absolute atomic E-state index is 5.57. The fourth-order valence-electron chi connectivity index (χ4n) is 3.68. The van der Waals surface area contributed by atoms with Crippen LogP contribution in [0.25, 0.3) is 27.9 Å². The Morgan fingerprint density at radius 3 is 2.65 bits per heavy atom. The third kappa shape index (κ3) is 3.77. The van der Waals surface area contributed by atoms with E-state index in [1.165, 1.54) is 0 Å². The average molecular weight is 410 g/mol. The van der Waals surface area contributed by atoms with Crippen LogP contribution in [0.2, 0.25) is 0 Å². The number of benzene rings is 2. The number of aromatic nitrogens is 5. The van der Waals surface area contributed by atoms with Crippen molar-refractivity contribution in [1.82, 2.24) is 25.0 Å². The molecule has 1 unspecified atom stereocenters. The predicted molar refractivity (Wildman–Crippen MR) is 120 cm³/mol.